The van der Waals surface area contributed by atoms with Crippen molar-refractivity contribution < 1.29 is 14.3 Å². The van der Waals surface area contributed by atoms with Gasteiger partial charge in [0.1, 0.15) is 11.6 Å². The van der Waals surface area contributed by atoms with Crippen LogP contribution >= 0.6 is 0 Å². The molecule has 0 aliphatic carbocycles. The standard InChI is InChI=1S/C17H23FN4O2/c1-4-14-10-16(22(3)21-14)20-17(24)19-11(2)9-15(23)12-5-7-13(18)8-6-12/h5-8,10-11,15,23H,4,9H2,1-3H3,(H2,19,20,24). The van der Waals surface area contributed by atoms with Crippen molar-refractivity contribution in [3.8, 4) is 0 Å². The molecule has 7 heteroatoms. The molecular formula is C17H23FN4O2. The molecule has 0 aliphatic rings. The zero-order valence-corrected chi connectivity index (χ0v) is 14.1. The Morgan fingerprint density at radius 1 is 1.38 bits per heavy atom. The molecule has 0 aliphatic heterocycles. The van der Waals surface area contributed by atoms with Crippen LogP contribution in [0.1, 0.15) is 37.6 Å². The number of amides is 2. The smallest absolute Gasteiger partial charge is 0.320 e. The van der Waals surface area contributed by atoms with Crippen LogP contribution in [-0.4, -0.2) is 27.0 Å². The molecule has 0 saturated carbocycles. The molecule has 2 amide bonds. The maximum Gasteiger partial charge on any atom is 0.320 e. The van der Waals surface area contributed by atoms with Gasteiger partial charge in [0.15, 0.2) is 0 Å². The maximum absolute atomic E-state index is 12.9. The van der Waals surface area contributed by atoms with E-state index in [-0.39, 0.29) is 17.9 Å². The summed E-state index contributed by atoms with van der Waals surface area (Å²) in [7, 11) is 1.76. The average molecular weight is 334 g/mol. The van der Waals surface area contributed by atoms with Crippen molar-refractivity contribution in [1.82, 2.24) is 15.1 Å². The van der Waals surface area contributed by atoms with Crippen molar-refractivity contribution in [2.75, 3.05) is 5.32 Å². The first kappa shape index (κ1) is 17.9. The fourth-order valence-corrected chi connectivity index (χ4v) is 2.41. The molecule has 1 aromatic carbocycles. The Morgan fingerprint density at radius 3 is 2.62 bits per heavy atom. The molecule has 1 aromatic heterocycles. The molecule has 130 valence electrons. The molecule has 0 radical (unpaired) electrons. The van der Waals surface area contributed by atoms with Crippen LogP contribution in [0.15, 0.2) is 30.3 Å². The van der Waals surface area contributed by atoms with Crippen LogP contribution in [0.5, 0.6) is 0 Å². The van der Waals surface area contributed by atoms with E-state index >= 15 is 0 Å². The number of urea groups is 1. The molecular weight excluding hydrogens is 311 g/mol. The lowest BCUT2D eigenvalue weighted by Crippen LogP contribution is -2.37. The number of aliphatic hydroxyl groups excluding tert-OH is 1. The van der Waals surface area contributed by atoms with Gasteiger partial charge < -0.3 is 10.4 Å². The molecule has 0 saturated heterocycles. The van der Waals surface area contributed by atoms with E-state index in [9.17, 15) is 14.3 Å². The maximum atomic E-state index is 12.9. The number of hydrogen-bond donors (Lipinski definition) is 3. The van der Waals surface area contributed by atoms with Crippen LogP contribution in [0.25, 0.3) is 0 Å². The summed E-state index contributed by atoms with van der Waals surface area (Å²) >= 11 is 0. The molecule has 6 nitrogen and oxygen atoms in total. The van der Waals surface area contributed by atoms with Crippen molar-refractivity contribution in [3.05, 3.63) is 47.4 Å². The molecule has 0 spiro atoms. The summed E-state index contributed by atoms with van der Waals surface area (Å²) in [5.41, 5.74) is 1.51. The Labute approximate surface area is 140 Å². The summed E-state index contributed by atoms with van der Waals surface area (Å²) in [6.07, 6.45) is 0.339. The number of aromatic nitrogens is 2. The van der Waals surface area contributed by atoms with Gasteiger partial charge in [-0.15, -0.1) is 0 Å². The highest BCUT2D eigenvalue weighted by Crippen LogP contribution is 2.18. The van der Waals surface area contributed by atoms with Crippen molar-refractivity contribution in [1.29, 1.82) is 0 Å². The number of halogens is 1. The summed E-state index contributed by atoms with van der Waals surface area (Å²) in [5.74, 6) is 0.259. The topological polar surface area (TPSA) is 79.2 Å². The number of aliphatic hydroxyl groups is 1. The van der Waals surface area contributed by atoms with Gasteiger partial charge in [-0.05, 0) is 37.5 Å². The van der Waals surface area contributed by atoms with Crippen molar-refractivity contribution in [3.63, 3.8) is 0 Å². The van der Waals surface area contributed by atoms with E-state index in [1.54, 1.807) is 18.7 Å². The minimum Gasteiger partial charge on any atom is -0.388 e. The zero-order valence-electron chi connectivity index (χ0n) is 14.1. The Morgan fingerprint density at radius 2 is 2.04 bits per heavy atom. The van der Waals surface area contributed by atoms with Gasteiger partial charge in [0, 0.05) is 19.2 Å². The minimum absolute atomic E-state index is 0.260. The monoisotopic (exact) mass is 334 g/mol. The van der Waals surface area contributed by atoms with Crippen LogP contribution in [0, 0.1) is 5.82 Å². The molecule has 0 bridgehead atoms. The first-order valence-electron chi connectivity index (χ1n) is 7.93. The third-order valence-electron chi connectivity index (χ3n) is 3.74. The van der Waals surface area contributed by atoms with Crippen molar-refractivity contribution in [2.45, 2.75) is 38.8 Å². The van der Waals surface area contributed by atoms with E-state index < -0.39 is 6.10 Å². The number of anilines is 1. The number of carbonyl (C=O) groups is 1. The number of carbonyl (C=O) groups excluding carboxylic acids is 1. The second-order valence-corrected chi connectivity index (χ2v) is 5.80. The lowest BCUT2D eigenvalue weighted by molar-refractivity contribution is 0.155. The van der Waals surface area contributed by atoms with Gasteiger partial charge in [-0.1, -0.05) is 19.1 Å². The highest BCUT2D eigenvalue weighted by atomic mass is 19.1. The van der Waals surface area contributed by atoms with Crippen LogP contribution in [-0.2, 0) is 13.5 Å². The lowest BCUT2D eigenvalue weighted by atomic mass is 10.0. The van der Waals surface area contributed by atoms with E-state index in [4.69, 9.17) is 0 Å². The van der Waals surface area contributed by atoms with Crippen molar-refractivity contribution in [2.24, 2.45) is 7.05 Å². The Hall–Kier alpha value is -2.41. The van der Waals surface area contributed by atoms with E-state index in [0.29, 0.717) is 17.8 Å². The summed E-state index contributed by atoms with van der Waals surface area (Å²) in [5, 5.41) is 19.9. The predicted octanol–water partition coefficient (Wildman–Crippen LogP) is 2.76. The number of nitrogens with one attached hydrogen (secondary N) is 2. The van der Waals surface area contributed by atoms with Crippen LogP contribution in [0.4, 0.5) is 15.0 Å². The Bertz CT molecular complexity index is 684. The molecule has 2 atom stereocenters. The van der Waals surface area contributed by atoms with Gasteiger partial charge in [-0.2, -0.15) is 5.10 Å². The first-order chi connectivity index (χ1) is 11.4. The molecule has 2 aromatic rings. The van der Waals surface area contributed by atoms with Gasteiger partial charge >= 0.3 is 6.03 Å². The third kappa shape index (κ3) is 4.79. The summed E-state index contributed by atoms with van der Waals surface area (Å²) in [6.45, 7) is 3.79. The van der Waals surface area contributed by atoms with Gasteiger partial charge in [0.05, 0.1) is 11.8 Å². The fraction of sp³-hybridized carbons (Fsp3) is 0.412. The highest BCUT2D eigenvalue weighted by Gasteiger charge is 2.15. The van der Waals surface area contributed by atoms with Crippen LogP contribution in [0.3, 0.4) is 0 Å². The molecule has 24 heavy (non-hydrogen) atoms. The average Bonchev–Trinajstić information content (AvgIpc) is 2.87. The molecule has 3 N–H and O–H groups in total. The van der Waals surface area contributed by atoms with Gasteiger partial charge in [0.25, 0.3) is 0 Å². The normalized spacial score (nSPS) is 13.4. The SMILES string of the molecule is CCc1cc(NC(=O)NC(C)CC(O)c2ccc(F)cc2)n(C)n1. The van der Waals surface area contributed by atoms with E-state index in [2.05, 4.69) is 15.7 Å². The zero-order chi connectivity index (χ0) is 17.7. The summed E-state index contributed by atoms with van der Waals surface area (Å²) in [6, 6.07) is 6.87. The molecule has 0 fully saturated rings. The van der Waals surface area contributed by atoms with Crippen LogP contribution < -0.4 is 10.6 Å². The van der Waals surface area contributed by atoms with Gasteiger partial charge in [-0.3, -0.25) is 10.00 Å². The Kier molecular flexibility index (Phi) is 5.92. The Balaban J connectivity index is 1.86. The second-order valence-electron chi connectivity index (χ2n) is 5.80. The first-order valence-corrected chi connectivity index (χ1v) is 7.93. The predicted molar refractivity (Wildman–Crippen MR) is 90.2 cm³/mol. The number of hydrogen-bond acceptors (Lipinski definition) is 3. The third-order valence-corrected chi connectivity index (χ3v) is 3.74. The molecule has 2 unspecified atom stereocenters. The number of rotatable bonds is 6. The van der Waals surface area contributed by atoms with Gasteiger partial charge in [0.2, 0.25) is 0 Å². The fourth-order valence-electron chi connectivity index (χ4n) is 2.41. The van der Waals surface area contributed by atoms with Gasteiger partial charge in [-0.25, -0.2) is 9.18 Å². The minimum atomic E-state index is -0.774. The summed E-state index contributed by atoms with van der Waals surface area (Å²) in [4.78, 5) is 12.0. The highest BCUT2D eigenvalue weighted by molar-refractivity contribution is 5.88. The van der Waals surface area contributed by atoms with E-state index in [0.717, 1.165) is 12.1 Å². The molecule has 1 heterocycles. The quantitative estimate of drug-likeness (QED) is 0.760. The van der Waals surface area contributed by atoms with E-state index in [1.165, 1.54) is 24.3 Å². The second kappa shape index (κ2) is 7.92. The number of aryl methyl sites for hydroxylation is 2. The number of benzene rings is 1. The van der Waals surface area contributed by atoms with E-state index in [1.807, 2.05) is 13.0 Å². The summed E-state index contributed by atoms with van der Waals surface area (Å²) < 4.78 is 14.5. The van der Waals surface area contributed by atoms with Crippen LogP contribution in [0.2, 0.25) is 0 Å². The van der Waals surface area contributed by atoms with Crippen molar-refractivity contribution >= 4 is 11.8 Å². The molecule has 2 rings (SSSR count). The number of nitrogens with zero attached hydrogens (tertiary/aromatic N) is 2. The lowest BCUT2D eigenvalue weighted by Gasteiger charge is -2.18. The largest absolute Gasteiger partial charge is 0.388 e.